The first kappa shape index (κ1) is 14.4. The summed E-state index contributed by atoms with van der Waals surface area (Å²) in [7, 11) is -3.96. The minimum Gasteiger partial charge on any atom is -0.409 e. The first-order valence-electron chi connectivity index (χ1n) is 4.96. The molecule has 6 nitrogen and oxygen atoms in total. The van der Waals surface area contributed by atoms with Gasteiger partial charge in [0.2, 0.25) is 10.0 Å². The number of hydrogen-bond acceptors (Lipinski definition) is 4. The van der Waals surface area contributed by atoms with E-state index in [4.69, 9.17) is 10.9 Å². The molecule has 1 rings (SSSR count). The number of hydrogen-bond donors (Lipinski definition) is 3. The molecule has 0 bridgehead atoms. The average Bonchev–Trinajstić information content (AvgIpc) is 2.26. The van der Waals surface area contributed by atoms with Gasteiger partial charge in [0.15, 0.2) is 5.84 Å². The summed E-state index contributed by atoms with van der Waals surface area (Å²) in [5, 5.41) is 11.3. The molecule has 8 heteroatoms. The predicted molar refractivity (Wildman–Crippen MR) is 64.2 cm³/mol. The van der Waals surface area contributed by atoms with Gasteiger partial charge < -0.3 is 10.9 Å². The van der Waals surface area contributed by atoms with Gasteiger partial charge in [0.25, 0.3) is 0 Å². The van der Waals surface area contributed by atoms with Gasteiger partial charge in [0.1, 0.15) is 5.82 Å². The lowest BCUT2D eigenvalue weighted by Gasteiger charge is -2.24. The Balaban J connectivity index is 3.10. The van der Waals surface area contributed by atoms with Crippen molar-refractivity contribution in [1.29, 1.82) is 0 Å². The molecule has 0 fully saturated rings. The van der Waals surface area contributed by atoms with Crippen molar-refractivity contribution in [3.05, 3.63) is 30.1 Å². The maximum absolute atomic E-state index is 13.0. The van der Waals surface area contributed by atoms with Gasteiger partial charge in [-0.3, -0.25) is 0 Å². The largest absolute Gasteiger partial charge is 0.409 e. The van der Waals surface area contributed by atoms with Crippen molar-refractivity contribution in [2.24, 2.45) is 10.9 Å². The predicted octanol–water partition coefficient (Wildman–Crippen LogP) is 0.629. The summed E-state index contributed by atoms with van der Waals surface area (Å²) < 4.78 is 39.1. The van der Waals surface area contributed by atoms with E-state index in [9.17, 15) is 12.8 Å². The van der Waals surface area contributed by atoms with E-state index in [2.05, 4.69) is 9.88 Å². The molecule has 18 heavy (non-hydrogen) atoms. The Hall–Kier alpha value is -1.67. The molecule has 0 saturated heterocycles. The summed E-state index contributed by atoms with van der Waals surface area (Å²) in [6, 6.07) is 4.53. The van der Waals surface area contributed by atoms with Crippen molar-refractivity contribution >= 4 is 15.9 Å². The highest BCUT2D eigenvalue weighted by molar-refractivity contribution is 7.89. The van der Waals surface area contributed by atoms with Crippen LogP contribution < -0.4 is 10.5 Å². The normalized spacial score (nSPS) is 13.6. The number of amidine groups is 1. The molecular weight excluding hydrogens is 261 g/mol. The van der Waals surface area contributed by atoms with Crippen molar-refractivity contribution in [1.82, 2.24) is 4.72 Å². The summed E-state index contributed by atoms with van der Waals surface area (Å²) in [4.78, 5) is -0.235. The van der Waals surface area contributed by atoms with Gasteiger partial charge in [-0.2, -0.15) is 4.72 Å². The first-order valence-corrected chi connectivity index (χ1v) is 6.45. The van der Waals surface area contributed by atoms with Crippen molar-refractivity contribution in [2.45, 2.75) is 24.3 Å². The lowest BCUT2D eigenvalue weighted by atomic mass is 10.1. The van der Waals surface area contributed by atoms with E-state index in [1.165, 1.54) is 26.0 Å². The lowest BCUT2D eigenvalue weighted by molar-refractivity contribution is 0.312. The summed E-state index contributed by atoms with van der Waals surface area (Å²) in [5.41, 5.74) is 4.07. The molecule has 1 aromatic rings. The minimum atomic E-state index is -3.96. The smallest absolute Gasteiger partial charge is 0.241 e. The minimum absolute atomic E-state index is 0.235. The fourth-order valence-corrected chi connectivity index (χ4v) is 2.63. The number of sulfonamides is 1. The fourth-order valence-electron chi connectivity index (χ4n) is 1.21. The molecule has 0 aliphatic carbocycles. The molecule has 0 spiro atoms. The maximum atomic E-state index is 13.0. The van der Waals surface area contributed by atoms with Gasteiger partial charge >= 0.3 is 0 Å². The highest BCUT2D eigenvalue weighted by Crippen LogP contribution is 2.14. The molecule has 0 atom stereocenters. The summed E-state index contributed by atoms with van der Waals surface area (Å²) in [6.45, 7) is 2.83. The molecule has 0 aromatic heterocycles. The van der Waals surface area contributed by atoms with Crippen LogP contribution >= 0.6 is 0 Å². The Morgan fingerprint density at radius 1 is 1.50 bits per heavy atom. The second-order valence-corrected chi connectivity index (χ2v) is 5.86. The number of benzene rings is 1. The molecule has 0 amide bonds. The van der Waals surface area contributed by atoms with Crippen LogP contribution in [0.25, 0.3) is 0 Å². The van der Waals surface area contributed by atoms with E-state index in [0.29, 0.717) is 0 Å². The van der Waals surface area contributed by atoms with Gasteiger partial charge in [-0.05, 0) is 32.0 Å². The maximum Gasteiger partial charge on any atom is 0.241 e. The second-order valence-electron chi connectivity index (χ2n) is 4.17. The molecule has 0 radical (unpaired) electrons. The SMILES string of the molecule is CC(C)(NS(=O)(=O)c1cccc(F)c1)/C(N)=N/O. The highest BCUT2D eigenvalue weighted by Gasteiger charge is 2.30. The molecule has 4 N–H and O–H groups in total. The van der Waals surface area contributed by atoms with Crippen LogP contribution in [-0.4, -0.2) is 25.0 Å². The van der Waals surface area contributed by atoms with Crippen LogP contribution in [0.3, 0.4) is 0 Å². The Morgan fingerprint density at radius 3 is 2.61 bits per heavy atom. The molecular formula is C10H14FN3O3S. The van der Waals surface area contributed by atoms with Crippen molar-refractivity contribution in [3.8, 4) is 0 Å². The quantitative estimate of drug-likeness (QED) is 0.324. The van der Waals surface area contributed by atoms with E-state index < -0.39 is 21.4 Å². The Bertz CT molecular complexity index is 569. The number of oxime groups is 1. The monoisotopic (exact) mass is 275 g/mol. The average molecular weight is 275 g/mol. The zero-order chi connectivity index (χ0) is 14.0. The molecule has 0 saturated carbocycles. The summed E-state index contributed by atoms with van der Waals surface area (Å²) in [5.74, 6) is -0.970. The Labute approximate surface area is 104 Å². The molecule has 0 heterocycles. The van der Waals surface area contributed by atoms with Gasteiger partial charge in [0.05, 0.1) is 10.4 Å². The zero-order valence-electron chi connectivity index (χ0n) is 9.88. The fraction of sp³-hybridized carbons (Fsp3) is 0.300. The van der Waals surface area contributed by atoms with Crippen LogP contribution in [0.1, 0.15) is 13.8 Å². The summed E-state index contributed by atoms with van der Waals surface area (Å²) in [6.07, 6.45) is 0. The van der Waals surface area contributed by atoms with Gasteiger partial charge in [-0.15, -0.1) is 0 Å². The van der Waals surface area contributed by atoms with Crippen LogP contribution in [-0.2, 0) is 10.0 Å². The highest BCUT2D eigenvalue weighted by atomic mass is 32.2. The topological polar surface area (TPSA) is 105 Å². The van der Waals surface area contributed by atoms with Crippen molar-refractivity contribution < 1.29 is 18.0 Å². The third kappa shape index (κ3) is 3.17. The Kier molecular flexibility index (Phi) is 3.92. The van der Waals surface area contributed by atoms with E-state index in [1.807, 2.05) is 0 Å². The number of rotatable bonds is 4. The second kappa shape index (κ2) is 4.91. The van der Waals surface area contributed by atoms with Gasteiger partial charge in [-0.1, -0.05) is 11.2 Å². The van der Waals surface area contributed by atoms with E-state index in [1.54, 1.807) is 0 Å². The van der Waals surface area contributed by atoms with E-state index >= 15 is 0 Å². The number of halogens is 1. The number of nitrogens with zero attached hydrogens (tertiary/aromatic N) is 1. The third-order valence-electron chi connectivity index (χ3n) is 2.24. The lowest BCUT2D eigenvalue weighted by Crippen LogP contribution is -2.52. The van der Waals surface area contributed by atoms with Crippen LogP contribution in [0.5, 0.6) is 0 Å². The molecule has 0 aliphatic heterocycles. The van der Waals surface area contributed by atoms with Gasteiger partial charge in [-0.25, -0.2) is 12.8 Å². The van der Waals surface area contributed by atoms with Crippen LogP contribution in [0.2, 0.25) is 0 Å². The van der Waals surface area contributed by atoms with Crippen molar-refractivity contribution in [2.75, 3.05) is 0 Å². The molecule has 0 aliphatic rings. The van der Waals surface area contributed by atoms with Crippen LogP contribution in [0.15, 0.2) is 34.3 Å². The van der Waals surface area contributed by atoms with Crippen LogP contribution in [0.4, 0.5) is 4.39 Å². The molecule has 100 valence electrons. The number of nitrogens with one attached hydrogen (secondary N) is 1. The third-order valence-corrected chi connectivity index (χ3v) is 3.90. The van der Waals surface area contributed by atoms with E-state index in [-0.39, 0.29) is 10.7 Å². The van der Waals surface area contributed by atoms with Crippen LogP contribution in [0, 0.1) is 5.82 Å². The molecule has 1 aromatic carbocycles. The first-order chi connectivity index (χ1) is 8.19. The zero-order valence-corrected chi connectivity index (χ0v) is 10.7. The Morgan fingerprint density at radius 2 is 2.11 bits per heavy atom. The van der Waals surface area contributed by atoms with Gasteiger partial charge in [0, 0.05) is 0 Å². The number of nitrogens with two attached hydrogens (primary N) is 1. The van der Waals surface area contributed by atoms with Crippen molar-refractivity contribution in [3.63, 3.8) is 0 Å². The molecule has 0 unspecified atom stereocenters. The summed E-state index contributed by atoms with van der Waals surface area (Å²) >= 11 is 0. The van der Waals surface area contributed by atoms with E-state index in [0.717, 1.165) is 12.1 Å². The standard InChI is InChI=1S/C10H14FN3O3S/c1-10(2,9(12)13-15)14-18(16,17)8-5-3-4-7(11)6-8/h3-6,14-15H,1-2H3,(H2,12,13).